The third-order valence-corrected chi connectivity index (χ3v) is 11.9. The van der Waals surface area contributed by atoms with E-state index >= 15 is 0 Å². The SMILES string of the molecule is Cc1cc(NC(=O)c2ccc(NN=C3C(=O)c4ccc(NC(=O)c5ccc(N)cc5)cc4C=C3S(=O)(=O)[O-])cc2)ccc1N=Nc1ccc2cc(S(=O)(=O)[O-])cc(S(=O)(=O)[O-])c2c1. The van der Waals surface area contributed by atoms with E-state index in [2.05, 4.69) is 31.4 Å². The van der Waals surface area contributed by atoms with Gasteiger partial charge in [-0.2, -0.15) is 15.3 Å². The number of allylic oxidation sites excluding steroid dienone is 1. The Bertz CT molecular complexity index is 3350. The molecule has 2 amide bonds. The second kappa shape index (κ2) is 16.8. The van der Waals surface area contributed by atoms with E-state index in [1.165, 1.54) is 84.9 Å². The maximum Gasteiger partial charge on any atom is 0.255 e. The molecule has 0 aliphatic heterocycles. The second-order valence-corrected chi connectivity index (χ2v) is 17.8. The summed E-state index contributed by atoms with van der Waals surface area (Å²) < 4.78 is 107. The lowest BCUT2D eigenvalue weighted by Crippen LogP contribution is -2.27. The maximum absolute atomic E-state index is 13.4. The molecule has 0 fully saturated rings. The van der Waals surface area contributed by atoms with E-state index in [1.54, 1.807) is 25.1 Å². The zero-order chi connectivity index (χ0) is 45.4. The Morgan fingerprint density at radius 1 is 0.635 bits per heavy atom. The zero-order valence-electron chi connectivity index (χ0n) is 32.1. The number of hydrazone groups is 1. The van der Waals surface area contributed by atoms with Crippen LogP contribution in [0.15, 0.2) is 145 Å². The summed E-state index contributed by atoms with van der Waals surface area (Å²) in [6.45, 7) is 1.68. The number of nitrogen functional groups attached to an aromatic ring is 1. The molecule has 320 valence electrons. The Hall–Kier alpha value is -7.47. The van der Waals surface area contributed by atoms with Gasteiger partial charge in [0, 0.05) is 39.1 Å². The van der Waals surface area contributed by atoms with Crippen LogP contribution in [0, 0.1) is 6.92 Å². The van der Waals surface area contributed by atoms with Gasteiger partial charge in [-0.25, -0.2) is 25.3 Å². The molecule has 0 atom stereocenters. The van der Waals surface area contributed by atoms with E-state index in [0.29, 0.717) is 34.3 Å². The molecule has 0 saturated heterocycles. The van der Waals surface area contributed by atoms with Gasteiger partial charge in [-0.05, 0) is 139 Å². The highest BCUT2D eigenvalue weighted by Crippen LogP contribution is 2.33. The number of carbonyl (C=O) groups is 3. The van der Waals surface area contributed by atoms with E-state index in [1.807, 2.05) is 0 Å². The van der Waals surface area contributed by atoms with Gasteiger partial charge in [0.2, 0.25) is 5.78 Å². The van der Waals surface area contributed by atoms with Gasteiger partial charge in [-0.1, -0.05) is 6.07 Å². The van der Waals surface area contributed by atoms with Crippen molar-refractivity contribution in [3.8, 4) is 0 Å². The lowest BCUT2D eigenvalue weighted by atomic mass is 9.94. The number of rotatable bonds is 11. The van der Waals surface area contributed by atoms with Crippen LogP contribution in [0.4, 0.5) is 34.1 Å². The quantitative estimate of drug-likeness (QED) is 0.0501. The third kappa shape index (κ3) is 9.86. The summed E-state index contributed by atoms with van der Waals surface area (Å²) in [5.41, 5.74) is 10.4. The van der Waals surface area contributed by atoms with Crippen molar-refractivity contribution >= 4 is 105 Å². The summed E-state index contributed by atoms with van der Waals surface area (Å²) in [6, 6.07) is 25.9. The van der Waals surface area contributed by atoms with Gasteiger partial charge in [0.1, 0.15) is 36.1 Å². The first-order valence-corrected chi connectivity index (χ1v) is 22.2. The smallest absolute Gasteiger partial charge is 0.255 e. The highest BCUT2D eigenvalue weighted by atomic mass is 32.2. The van der Waals surface area contributed by atoms with Crippen molar-refractivity contribution in [3.63, 3.8) is 0 Å². The molecule has 19 nitrogen and oxygen atoms in total. The van der Waals surface area contributed by atoms with Crippen molar-refractivity contribution in [2.75, 3.05) is 21.8 Å². The standard InChI is InChI=1S/C41H31N7O12S3/c1-22-16-29(13-15-35(22)47-46-31-11-6-25-18-32(61(52,53)54)21-36(34(25)20-31)62(55,56)57)43-41(51)24-4-9-28(10-5-24)45-48-38-37(63(58,59)60)19-26-17-30(12-14-33(26)39(38)49)44-40(50)23-2-7-27(42)8-3-23/h2-21,45H,42H2,1H3,(H,43,51)(H,44,50)(H,52,53,54)(H,55,56,57)(H,58,59,60)/p-3. The maximum atomic E-state index is 13.4. The van der Waals surface area contributed by atoms with Crippen molar-refractivity contribution in [2.45, 2.75) is 16.7 Å². The minimum absolute atomic E-state index is 0.000234. The molecule has 0 aromatic heterocycles. The molecule has 1 aliphatic carbocycles. The van der Waals surface area contributed by atoms with Crippen LogP contribution < -0.4 is 21.8 Å². The number of azo groups is 1. The molecule has 0 bridgehead atoms. The molecule has 63 heavy (non-hydrogen) atoms. The number of fused-ring (bicyclic) bond motifs is 2. The van der Waals surface area contributed by atoms with Crippen molar-refractivity contribution in [3.05, 3.63) is 148 Å². The number of benzene rings is 6. The fourth-order valence-corrected chi connectivity index (χ4v) is 8.20. The van der Waals surface area contributed by atoms with Gasteiger partial charge < -0.3 is 30.0 Å². The number of carbonyl (C=O) groups excluding carboxylic acids is 3. The zero-order valence-corrected chi connectivity index (χ0v) is 34.5. The van der Waals surface area contributed by atoms with Gasteiger partial charge >= 0.3 is 0 Å². The molecule has 0 saturated carbocycles. The fraction of sp³-hybridized carbons (Fsp3) is 0.0244. The van der Waals surface area contributed by atoms with Crippen LogP contribution in [-0.4, -0.2) is 62.2 Å². The predicted octanol–water partition coefficient (Wildman–Crippen LogP) is 6.01. The van der Waals surface area contributed by atoms with Gasteiger partial charge in [0.25, 0.3) is 11.8 Å². The first-order valence-electron chi connectivity index (χ1n) is 17.9. The average molecular weight is 907 g/mol. The summed E-state index contributed by atoms with van der Waals surface area (Å²) in [5.74, 6) is -1.89. The van der Waals surface area contributed by atoms with Crippen molar-refractivity contribution in [2.24, 2.45) is 15.3 Å². The number of Topliss-reactive ketones (excluding diaryl/α,β-unsaturated/α-hetero) is 1. The molecule has 6 aromatic rings. The van der Waals surface area contributed by atoms with Crippen molar-refractivity contribution in [1.29, 1.82) is 0 Å². The molecule has 0 unspecified atom stereocenters. The van der Waals surface area contributed by atoms with Crippen LogP contribution in [0.5, 0.6) is 0 Å². The van der Waals surface area contributed by atoms with E-state index in [4.69, 9.17) is 5.73 Å². The topological polar surface area (TPSA) is 322 Å². The van der Waals surface area contributed by atoms with Crippen LogP contribution in [-0.2, 0) is 30.4 Å². The number of amides is 2. The van der Waals surface area contributed by atoms with E-state index in [0.717, 1.165) is 12.1 Å². The number of hydrogen-bond acceptors (Lipinski definition) is 17. The summed E-state index contributed by atoms with van der Waals surface area (Å²) in [5, 5.41) is 17.4. The Balaban J connectivity index is 1.02. The number of ketones is 1. The highest BCUT2D eigenvalue weighted by molar-refractivity contribution is 7.91. The lowest BCUT2D eigenvalue weighted by Gasteiger charge is -2.20. The normalized spacial score (nSPS) is 13.7. The molecule has 0 spiro atoms. The Morgan fingerprint density at radius 3 is 1.84 bits per heavy atom. The molecule has 0 radical (unpaired) electrons. The minimum atomic E-state index is -5.22. The highest BCUT2D eigenvalue weighted by Gasteiger charge is 2.30. The minimum Gasteiger partial charge on any atom is -0.744 e. The van der Waals surface area contributed by atoms with Gasteiger partial charge in [-0.15, -0.1) is 0 Å². The Kier molecular flexibility index (Phi) is 11.6. The van der Waals surface area contributed by atoms with Crippen LogP contribution in [0.1, 0.15) is 42.2 Å². The molecule has 1 aliphatic rings. The molecular formula is C41H28N7O12S3-3. The van der Waals surface area contributed by atoms with Crippen LogP contribution in [0.3, 0.4) is 0 Å². The summed E-state index contributed by atoms with van der Waals surface area (Å²) in [6.07, 6.45) is 0.989. The molecule has 5 N–H and O–H groups in total. The largest absolute Gasteiger partial charge is 0.744 e. The predicted molar refractivity (Wildman–Crippen MR) is 228 cm³/mol. The summed E-state index contributed by atoms with van der Waals surface area (Å²) in [7, 11) is -15.5. The van der Waals surface area contributed by atoms with Gasteiger partial charge in [0.15, 0.2) is 0 Å². The van der Waals surface area contributed by atoms with E-state index < -0.39 is 68.4 Å². The first-order chi connectivity index (χ1) is 29.6. The monoisotopic (exact) mass is 906 g/mol. The summed E-state index contributed by atoms with van der Waals surface area (Å²) in [4.78, 5) is 36.5. The Morgan fingerprint density at radius 2 is 1.24 bits per heavy atom. The number of aryl methyl sites for hydroxylation is 1. The average Bonchev–Trinajstić information content (AvgIpc) is 3.21. The van der Waals surface area contributed by atoms with Crippen molar-refractivity contribution in [1.82, 2.24) is 0 Å². The summed E-state index contributed by atoms with van der Waals surface area (Å²) >= 11 is 0. The van der Waals surface area contributed by atoms with Crippen LogP contribution in [0.25, 0.3) is 16.8 Å². The molecule has 0 heterocycles. The number of anilines is 4. The van der Waals surface area contributed by atoms with Crippen LogP contribution >= 0.6 is 0 Å². The van der Waals surface area contributed by atoms with E-state index in [-0.39, 0.29) is 44.5 Å². The number of nitrogens with two attached hydrogens (primary N) is 1. The second-order valence-electron chi connectivity index (χ2n) is 13.7. The molecular weight excluding hydrogens is 879 g/mol. The number of nitrogens with one attached hydrogen (secondary N) is 3. The van der Waals surface area contributed by atoms with Gasteiger partial charge in [0.05, 0.1) is 31.8 Å². The van der Waals surface area contributed by atoms with Gasteiger partial charge in [-0.3, -0.25) is 19.8 Å². The Labute approximate surface area is 358 Å². The number of hydrogen-bond donors (Lipinski definition) is 4. The third-order valence-electron chi connectivity index (χ3n) is 9.33. The van der Waals surface area contributed by atoms with Crippen molar-refractivity contribution < 1.29 is 53.3 Å². The molecule has 6 aromatic carbocycles. The first kappa shape index (κ1) is 43.6. The van der Waals surface area contributed by atoms with E-state index in [9.17, 15) is 53.3 Å². The number of nitrogens with zero attached hydrogens (tertiary/aromatic N) is 3. The fourth-order valence-electron chi connectivity index (χ4n) is 6.23. The molecule has 7 rings (SSSR count). The lowest BCUT2D eigenvalue weighted by molar-refractivity contribution is 0.101. The molecule has 22 heteroatoms. The van der Waals surface area contributed by atoms with Crippen LogP contribution in [0.2, 0.25) is 0 Å².